The predicted molar refractivity (Wildman–Crippen MR) is 73.9 cm³/mol. The summed E-state index contributed by atoms with van der Waals surface area (Å²) in [5.74, 6) is -0.583. The van der Waals surface area contributed by atoms with Crippen molar-refractivity contribution in [1.82, 2.24) is 19.5 Å². The number of aliphatic hydroxyl groups is 1. The highest BCUT2D eigenvalue weighted by atomic mass is 16.6. The number of ether oxygens (including phenoxy) is 2. The highest BCUT2D eigenvalue weighted by Crippen LogP contribution is 2.37. The number of aliphatic hydroxyl groups excluding tert-OH is 1. The number of hydrogen-bond donors (Lipinski definition) is 2. The first-order valence-corrected chi connectivity index (χ1v) is 6.77. The molecule has 0 radical (unpaired) electrons. The minimum atomic E-state index is -1.67. The summed E-state index contributed by atoms with van der Waals surface area (Å²) >= 11 is 0. The number of aromatic amines is 1. The standard InChI is InChI=1S/C13H13N5O5/c1-7(19)22-4-13(3-14)8(20)2-9(23-13)18-6-17-10-11(18)15-5-16-12(10)21/h5-6,8-9,20H,2,4H2,1H3,(H,15,16,21)/t8-,9-,13+/m0/s1. The second-order valence-electron chi connectivity index (χ2n) is 5.16. The van der Waals surface area contributed by atoms with Gasteiger partial charge in [0.2, 0.25) is 5.60 Å². The van der Waals surface area contributed by atoms with Crippen molar-refractivity contribution in [2.24, 2.45) is 0 Å². The molecule has 0 aliphatic carbocycles. The molecule has 0 aromatic carbocycles. The number of H-pyrrole nitrogens is 1. The molecule has 2 N–H and O–H groups in total. The number of fused-ring (bicyclic) bond motifs is 1. The summed E-state index contributed by atoms with van der Waals surface area (Å²) in [5.41, 5.74) is -1.68. The van der Waals surface area contributed by atoms with Crippen LogP contribution < -0.4 is 5.56 Å². The number of aromatic nitrogens is 4. The summed E-state index contributed by atoms with van der Waals surface area (Å²) < 4.78 is 11.9. The molecule has 3 atom stereocenters. The fourth-order valence-electron chi connectivity index (χ4n) is 2.47. The highest BCUT2D eigenvalue weighted by molar-refractivity contribution is 5.69. The van der Waals surface area contributed by atoms with Crippen molar-refractivity contribution in [1.29, 1.82) is 5.26 Å². The Morgan fingerprint density at radius 2 is 2.48 bits per heavy atom. The number of esters is 1. The molecule has 0 amide bonds. The van der Waals surface area contributed by atoms with Crippen LogP contribution in [0.4, 0.5) is 0 Å². The average Bonchev–Trinajstić information content (AvgIpc) is 3.08. The van der Waals surface area contributed by atoms with Gasteiger partial charge in [0.1, 0.15) is 25.0 Å². The molecule has 3 heterocycles. The number of carbonyl (C=O) groups excluding carboxylic acids is 1. The number of imidazole rings is 1. The average molecular weight is 319 g/mol. The largest absolute Gasteiger partial charge is 0.462 e. The normalized spacial score (nSPS) is 27.0. The molecule has 2 aromatic heterocycles. The predicted octanol–water partition coefficient (Wildman–Crippen LogP) is -0.775. The fraction of sp³-hybridized carbons (Fsp3) is 0.462. The maximum atomic E-state index is 11.7. The van der Waals surface area contributed by atoms with Crippen molar-refractivity contribution in [2.45, 2.75) is 31.3 Å². The minimum absolute atomic E-state index is 0.0642. The Labute approximate surface area is 129 Å². The minimum Gasteiger partial charge on any atom is -0.462 e. The molecule has 10 nitrogen and oxygen atoms in total. The van der Waals surface area contributed by atoms with E-state index in [4.69, 9.17) is 9.47 Å². The lowest BCUT2D eigenvalue weighted by molar-refractivity contribution is -0.154. The monoisotopic (exact) mass is 319 g/mol. The highest BCUT2D eigenvalue weighted by Gasteiger charge is 2.50. The van der Waals surface area contributed by atoms with Gasteiger partial charge in [-0.3, -0.25) is 14.2 Å². The molecular formula is C13H13N5O5. The van der Waals surface area contributed by atoms with Crippen LogP contribution in [0.5, 0.6) is 0 Å². The van der Waals surface area contributed by atoms with E-state index in [2.05, 4.69) is 15.0 Å². The molecule has 1 saturated heterocycles. The van der Waals surface area contributed by atoms with Gasteiger partial charge in [0.15, 0.2) is 11.2 Å². The molecule has 10 heteroatoms. The molecule has 0 bridgehead atoms. The molecule has 3 rings (SSSR count). The van der Waals surface area contributed by atoms with Crippen LogP contribution in [0.25, 0.3) is 11.2 Å². The number of nitriles is 1. The van der Waals surface area contributed by atoms with E-state index in [1.54, 1.807) is 0 Å². The molecule has 1 aliphatic heterocycles. The Bertz CT molecular complexity index is 852. The SMILES string of the molecule is CC(=O)OC[C@@]1(C#N)O[C@H](n2cnc3c(=O)[nH]cnc32)C[C@@H]1O. The van der Waals surface area contributed by atoms with Crippen LogP contribution in [0.2, 0.25) is 0 Å². The van der Waals surface area contributed by atoms with Crippen LogP contribution in [0.1, 0.15) is 19.6 Å². The second kappa shape index (κ2) is 5.45. The summed E-state index contributed by atoms with van der Waals surface area (Å²) in [7, 11) is 0. The van der Waals surface area contributed by atoms with Gasteiger partial charge in [-0.15, -0.1) is 0 Å². The lowest BCUT2D eigenvalue weighted by Crippen LogP contribution is -2.43. The van der Waals surface area contributed by atoms with Crippen LogP contribution in [-0.2, 0) is 14.3 Å². The Hall–Kier alpha value is -2.77. The third-order valence-electron chi connectivity index (χ3n) is 3.66. The zero-order chi connectivity index (χ0) is 16.6. The van der Waals surface area contributed by atoms with Crippen LogP contribution >= 0.6 is 0 Å². The van der Waals surface area contributed by atoms with Gasteiger partial charge in [-0.25, -0.2) is 9.97 Å². The van der Waals surface area contributed by atoms with Gasteiger partial charge in [-0.1, -0.05) is 0 Å². The zero-order valence-electron chi connectivity index (χ0n) is 12.1. The Balaban J connectivity index is 1.93. The van der Waals surface area contributed by atoms with Crippen molar-refractivity contribution in [3.63, 3.8) is 0 Å². The maximum absolute atomic E-state index is 11.7. The molecule has 0 saturated carbocycles. The number of hydrogen-bond acceptors (Lipinski definition) is 8. The van der Waals surface area contributed by atoms with E-state index in [0.717, 1.165) is 0 Å². The van der Waals surface area contributed by atoms with Gasteiger partial charge in [0.25, 0.3) is 5.56 Å². The molecule has 120 valence electrons. The Morgan fingerprint density at radius 1 is 1.70 bits per heavy atom. The Morgan fingerprint density at radius 3 is 3.17 bits per heavy atom. The number of nitrogens with zero attached hydrogens (tertiary/aromatic N) is 4. The molecule has 1 fully saturated rings. The lowest BCUT2D eigenvalue weighted by atomic mass is 10.00. The van der Waals surface area contributed by atoms with E-state index in [1.165, 1.54) is 24.1 Å². The summed E-state index contributed by atoms with van der Waals surface area (Å²) in [4.78, 5) is 33.0. The van der Waals surface area contributed by atoms with Gasteiger partial charge < -0.3 is 19.6 Å². The molecular weight excluding hydrogens is 306 g/mol. The van der Waals surface area contributed by atoms with Crippen LogP contribution in [0, 0.1) is 11.3 Å². The van der Waals surface area contributed by atoms with Gasteiger partial charge in [-0.05, 0) is 0 Å². The van der Waals surface area contributed by atoms with Crippen molar-refractivity contribution < 1.29 is 19.4 Å². The first-order chi connectivity index (χ1) is 11.0. The molecule has 23 heavy (non-hydrogen) atoms. The van der Waals surface area contributed by atoms with Gasteiger partial charge in [-0.2, -0.15) is 5.26 Å². The van der Waals surface area contributed by atoms with E-state index in [1.807, 2.05) is 6.07 Å². The van der Waals surface area contributed by atoms with Crippen molar-refractivity contribution >= 4 is 17.1 Å². The molecule has 1 aliphatic rings. The molecule has 2 aromatic rings. The van der Waals surface area contributed by atoms with Crippen LogP contribution in [0.3, 0.4) is 0 Å². The second-order valence-corrected chi connectivity index (χ2v) is 5.16. The Kier molecular flexibility index (Phi) is 3.59. The smallest absolute Gasteiger partial charge is 0.302 e. The quantitative estimate of drug-likeness (QED) is 0.702. The van der Waals surface area contributed by atoms with E-state index in [9.17, 15) is 20.0 Å². The summed E-state index contributed by atoms with van der Waals surface area (Å²) in [6.45, 7) is 0.806. The van der Waals surface area contributed by atoms with Crippen LogP contribution in [0.15, 0.2) is 17.4 Å². The zero-order valence-corrected chi connectivity index (χ0v) is 12.1. The number of rotatable bonds is 3. The topological polar surface area (TPSA) is 143 Å². The van der Waals surface area contributed by atoms with Gasteiger partial charge in [0, 0.05) is 13.3 Å². The lowest BCUT2D eigenvalue weighted by Gasteiger charge is -2.23. The number of nitrogens with one attached hydrogen (secondary N) is 1. The first kappa shape index (κ1) is 15.1. The van der Waals surface area contributed by atoms with E-state index >= 15 is 0 Å². The van der Waals surface area contributed by atoms with Crippen LogP contribution in [-0.4, -0.2) is 48.9 Å². The summed E-state index contributed by atoms with van der Waals surface area (Å²) in [5, 5.41) is 19.5. The fourth-order valence-corrected chi connectivity index (χ4v) is 2.47. The summed E-state index contributed by atoms with van der Waals surface area (Å²) in [6, 6.07) is 1.86. The summed E-state index contributed by atoms with van der Waals surface area (Å²) in [6.07, 6.45) is 0.707. The van der Waals surface area contributed by atoms with E-state index in [-0.39, 0.29) is 17.6 Å². The van der Waals surface area contributed by atoms with Gasteiger partial charge in [0.05, 0.1) is 12.7 Å². The third-order valence-corrected chi connectivity index (χ3v) is 3.66. The van der Waals surface area contributed by atoms with Gasteiger partial charge >= 0.3 is 5.97 Å². The van der Waals surface area contributed by atoms with E-state index < -0.39 is 36.1 Å². The number of carbonyl (C=O) groups is 1. The molecule has 0 spiro atoms. The maximum Gasteiger partial charge on any atom is 0.302 e. The van der Waals surface area contributed by atoms with E-state index in [0.29, 0.717) is 0 Å². The van der Waals surface area contributed by atoms with Crippen molar-refractivity contribution in [3.05, 3.63) is 23.0 Å². The first-order valence-electron chi connectivity index (χ1n) is 6.77. The molecule has 0 unspecified atom stereocenters. The van der Waals surface area contributed by atoms with Crippen molar-refractivity contribution in [3.8, 4) is 6.07 Å². The van der Waals surface area contributed by atoms with Crippen molar-refractivity contribution in [2.75, 3.05) is 6.61 Å². The third kappa shape index (κ3) is 2.45.